The Hall–Kier alpha value is -0.680. The Kier molecular flexibility index (Phi) is 24.6. The Morgan fingerprint density at radius 2 is 1.64 bits per heavy atom. The quantitative estimate of drug-likeness (QED) is 0.484. The van der Waals surface area contributed by atoms with Crippen LogP contribution in [0.2, 0.25) is 0 Å². The van der Waals surface area contributed by atoms with Crippen LogP contribution in [0.15, 0.2) is 12.7 Å². The zero-order valence-corrected chi connectivity index (χ0v) is 9.27. The van der Waals surface area contributed by atoms with Crippen molar-refractivity contribution in [2.24, 2.45) is 0 Å². The fraction of sp³-hybridized carbons (Fsp3) is 0.571. The lowest BCUT2D eigenvalue weighted by Crippen LogP contribution is -1.84. The van der Waals surface area contributed by atoms with Crippen molar-refractivity contribution in [3.63, 3.8) is 0 Å². The minimum atomic E-state index is -3.13. The summed E-state index contributed by atoms with van der Waals surface area (Å²) in [6.45, 7) is 8.63. The fourth-order valence-electron chi connectivity index (χ4n) is 0.204. The predicted molar refractivity (Wildman–Crippen MR) is 53.4 cm³/mol. The molecule has 0 heterocycles. The average molecular weight is 228 g/mol. The minimum Gasteiger partial charge on any atom is -0.478 e. The second-order valence-corrected chi connectivity index (χ2v) is 2.17. The van der Waals surface area contributed by atoms with E-state index in [0.717, 1.165) is 19.3 Å². The molecule has 0 atom stereocenters. The molecule has 6 nitrogen and oxygen atoms in total. The molecule has 0 unspecified atom stereocenters. The van der Waals surface area contributed by atoms with Gasteiger partial charge in [0.05, 0.1) is 0 Å². The van der Waals surface area contributed by atoms with E-state index in [9.17, 15) is 4.79 Å². The van der Waals surface area contributed by atoms with E-state index in [1.807, 2.05) is 13.8 Å². The Morgan fingerprint density at radius 3 is 1.64 bits per heavy atom. The molecule has 0 rings (SSSR count). The molecular formula is C7H17O6P. The van der Waals surface area contributed by atoms with Gasteiger partial charge in [-0.15, -0.1) is 0 Å². The van der Waals surface area contributed by atoms with Crippen molar-refractivity contribution in [2.75, 3.05) is 13.2 Å². The summed E-state index contributed by atoms with van der Waals surface area (Å²) in [5.41, 5.74) is 0. The van der Waals surface area contributed by atoms with Crippen LogP contribution < -0.4 is 0 Å². The van der Waals surface area contributed by atoms with Gasteiger partial charge in [0.15, 0.2) is 0 Å². The summed E-state index contributed by atoms with van der Waals surface area (Å²) >= 11 is 0. The van der Waals surface area contributed by atoms with Crippen LogP contribution >= 0.6 is 8.25 Å². The van der Waals surface area contributed by atoms with Crippen molar-refractivity contribution < 1.29 is 29.0 Å². The highest BCUT2D eigenvalue weighted by molar-refractivity contribution is 7.30. The first-order valence-corrected chi connectivity index (χ1v) is 5.07. The number of aliphatic carboxylic acids is 1. The average Bonchev–Trinajstić information content (AvgIpc) is 2.06. The van der Waals surface area contributed by atoms with Crippen molar-refractivity contribution >= 4 is 14.2 Å². The van der Waals surface area contributed by atoms with E-state index >= 15 is 0 Å². The lowest BCUT2D eigenvalue weighted by molar-refractivity contribution is -0.131. The molecule has 0 aliphatic carbocycles. The Morgan fingerprint density at radius 1 is 1.43 bits per heavy atom. The van der Waals surface area contributed by atoms with E-state index in [-0.39, 0.29) is 0 Å². The van der Waals surface area contributed by atoms with Crippen LogP contribution in [0, 0.1) is 0 Å². The van der Waals surface area contributed by atoms with Gasteiger partial charge in [0.1, 0.15) is 0 Å². The molecule has 0 radical (unpaired) electrons. The van der Waals surface area contributed by atoms with Crippen LogP contribution in [0.3, 0.4) is 0 Å². The molecule has 86 valence electrons. The molecule has 0 aromatic rings. The monoisotopic (exact) mass is 228 g/mol. The topological polar surface area (TPSA) is 104 Å². The zero-order chi connectivity index (χ0) is 12.0. The molecule has 0 fully saturated rings. The highest BCUT2D eigenvalue weighted by atomic mass is 31.1. The normalized spacial score (nSPS) is 7.79. The van der Waals surface area contributed by atoms with Crippen LogP contribution in [0.25, 0.3) is 0 Å². The van der Waals surface area contributed by atoms with Gasteiger partial charge in [0.2, 0.25) is 0 Å². The standard InChI is InChI=1S/C4H10O.C3H4O2.H3O3P/c1-3-5-4-2;1-2-3(4)5;1-4(2)3/h3-4H2,1-2H3;2H,1H2,(H,4,5);4H,(H2,1,2,3). The van der Waals surface area contributed by atoms with Gasteiger partial charge in [0.25, 0.3) is 0 Å². The number of ether oxygens (including phenoxy) is 1. The maximum absolute atomic E-state index is 9.25. The second kappa shape index (κ2) is 18.2. The molecule has 0 spiro atoms. The smallest absolute Gasteiger partial charge is 0.327 e. The van der Waals surface area contributed by atoms with Crippen LogP contribution in [0.4, 0.5) is 0 Å². The Labute approximate surface area is 83.8 Å². The summed E-state index contributed by atoms with van der Waals surface area (Å²) in [6, 6.07) is 0. The van der Waals surface area contributed by atoms with Crippen LogP contribution in [0.5, 0.6) is 0 Å². The number of carboxylic acids is 1. The van der Waals surface area contributed by atoms with Crippen LogP contribution in [0.1, 0.15) is 13.8 Å². The number of hydrogen-bond acceptors (Lipinski definition) is 3. The first-order chi connectivity index (χ1) is 6.42. The number of rotatable bonds is 3. The fourth-order valence-corrected chi connectivity index (χ4v) is 0.204. The Bertz CT molecular complexity index is 152. The molecular weight excluding hydrogens is 211 g/mol. The second-order valence-electron chi connectivity index (χ2n) is 1.61. The van der Waals surface area contributed by atoms with Gasteiger partial charge in [-0.05, 0) is 13.8 Å². The van der Waals surface area contributed by atoms with E-state index in [0.29, 0.717) is 0 Å². The summed E-state index contributed by atoms with van der Waals surface area (Å²) < 4.78 is 13.6. The first kappa shape index (κ1) is 19.0. The van der Waals surface area contributed by atoms with E-state index < -0.39 is 14.2 Å². The summed E-state index contributed by atoms with van der Waals surface area (Å²) in [5, 5.41) is 7.60. The summed E-state index contributed by atoms with van der Waals surface area (Å²) in [5.74, 6) is -0.981. The van der Waals surface area contributed by atoms with E-state index in [2.05, 4.69) is 6.58 Å². The number of carboxylic acid groups (broad SMARTS) is 1. The van der Waals surface area contributed by atoms with Crippen molar-refractivity contribution in [3.8, 4) is 0 Å². The first-order valence-electron chi connectivity index (χ1n) is 3.77. The molecule has 0 bridgehead atoms. The van der Waals surface area contributed by atoms with Crippen molar-refractivity contribution in [1.82, 2.24) is 0 Å². The summed E-state index contributed by atoms with van der Waals surface area (Å²) in [7, 11) is -3.13. The largest absolute Gasteiger partial charge is 0.478 e. The highest BCUT2D eigenvalue weighted by Gasteiger charge is 1.73. The van der Waals surface area contributed by atoms with Gasteiger partial charge in [-0.25, -0.2) is 4.79 Å². The molecule has 7 heteroatoms. The van der Waals surface area contributed by atoms with Crippen LogP contribution in [-0.2, 0) is 14.1 Å². The van der Waals surface area contributed by atoms with Crippen molar-refractivity contribution in [3.05, 3.63) is 12.7 Å². The minimum absolute atomic E-state index is 0.833. The van der Waals surface area contributed by atoms with Crippen LogP contribution in [-0.4, -0.2) is 34.1 Å². The maximum atomic E-state index is 9.25. The predicted octanol–water partition coefficient (Wildman–Crippen LogP) is 0.660. The lowest BCUT2D eigenvalue weighted by Gasteiger charge is -1.86. The maximum Gasteiger partial charge on any atom is 0.327 e. The molecule has 0 aromatic carbocycles. The van der Waals surface area contributed by atoms with Crippen molar-refractivity contribution in [1.29, 1.82) is 0 Å². The molecule has 3 N–H and O–H groups in total. The SMILES string of the molecule is C=CC(=O)O.CCOCC.O=[PH](O)O. The van der Waals surface area contributed by atoms with Gasteiger partial charge < -0.3 is 19.6 Å². The summed E-state index contributed by atoms with van der Waals surface area (Å²) in [4.78, 5) is 23.6. The molecule has 14 heavy (non-hydrogen) atoms. The molecule has 0 aromatic heterocycles. The van der Waals surface area contributed by atoms with Gasteiger partial charge in [-0.3, -0.25) is 4.57 Å². The summed E-state index contributed by atoms with van der Waals surface area (Å²) in [6.07, 6.45) is 0.833. The van der Waals surface area contributed by atoms with Gasteiger partial charge in [0, 0.05) is 19.3 Å². The molecule has 0 amide bonds. The zero-order valence-electron chi connectivity index (χ0n) is 8.27. The highest BCUT2D eigenvalue weighted by Crippen LogP contribution is 1.98. The number of hydrogen-bond donors (Lipinski definition) is 3. The molecule has 0 saturated carbocycles. The van der Waals surface area contributed by atoms with E-state index in [1.54, 1.807) is 0 Å². The number of carbonyl (C=O) groups is 1. The van der Waals surface area contributed by atoms with Crippen molar-refractivity contribution in [2.45, 2.75) is 13.8 Å². The van der Waals surface area contributed by atoms with E-state index in [4.69, 9.17) is 24.2 Å². The van der Waals surface area contributed by atoms with E-state index in [1.165, 1.54) is 0 Å². The molecule has 0 aliphatic heterocycles. The van der Waals surface area contributed by atoms with Gasteiger partial charge in [-0.2, -0.15) is 0 Å². The third kappa shape index (κ3) is 109. The molecule has 0 aliphatic rings. The Balaban J connectivity index is -0.000000131. The van der Waals surface area contributed by atoms with Gasteiger partial charge >= 0.3 is 14.2 Å². The van der Waals surface area contributed by atoms with Gasteiger partial charge in [-0.1, -0.05) is 6.58 Å². The third-order valence-electron chi connectivity index (χ3n) is 0.583. The lowest BCUT2D eigenvalue weighted by atomic mass is 10.7. The molecule has 0 saturated heterocycles. The third-order valence-corrected chi connectivity index (χ3v) is 0.583.